The van der Waals surface area contributed by atoms with Gasteiger partial charge in [0.2, 0.25) is 0 Å². The predicted octanol–water partition coefficient (Wildman–Crippen LogP) is 1.71. The molecule has 0 spiro atoms. The molecule has 1 rings (SSSR count). The molecule has 0 saturated heterocycles. The predicted molar refractivity (Wildman–Crippen MR) is 47.6 cm³/mol. The second kappa shape index (κ2) is 3.21. The molecule has 0 aliphatic carbocycles. The minimum Gasteiger partial charge on any atom is -0.306 e. The molecule has 0 aromatic heterocycles. The van der Waals surface area contributed by atoms with Crippen LogP contribution in [0, 0.1) is 5.92 Å². The van der Waals surface area contributed by atoms with E-state index in [1.165, 1.54) is 0 Å². The lowest BCUT2D eigenvalue weighted by molar-refractivity contribution is 0.278. The fourth-order valence-electron chi connectivity index (χ4n) is 1.41. The molecule has 0 radical (unpaired) electrons. The molecule has 0 amide bonds. The largest absolute Gasteiger partial charge is 0.306 e. The van der Waals surface area contributed by atoms with E-state index in [1.807, 2.05) is 6.08 Å². The normalized spacial score (nSPS) is 36.1. The first-order valence-electron chi connectivity index (χ1n) is 4.27. The van der Waals surface area contributed by atoms with Gasteiger partial charge < -0.3 is 5.73 Å². The summed E-state index contributed by atoms with van der Waals surface area (Å²) >= 11 is 0. The standard InChI is InChI=1S/C9H16N2/c1-3-6-9(10)8(2)5-4-7-11-9/h4,8H,3,5-6,10H2,1-2H3. The van der Waals surface area contributed by atoms with Gasteiger partial charge in [-0.15, -0.1) is 0 Å². The molecule has 1 aliphatic heterocycles. The topological polar surface area (TPSA) is 38.4 Å². The van der Waals surface area contributed by atoms with Crippen molar-refractivity contribution in [2.24, 2.45) is 16.6 Å². The highest BCUT2D eigenvalue weighted by Gasteiger charge is 2.30. The molecule has 62 valence electrons. The average Bonchev–Trinajstić information content (AvgIpc) is 1.96. The van der Waals surface area contributed by atoms with Gasteiger partial charge in [0.05, 0.1) is 0 Å². The smallest absolute Gasteiger partial charge is 0.120 e. The van der Waals surface area contributed by atoms with Gasteiger partial charge in [-0.3, -0.25) is 0 Å². The molecule has 2 unspecified atom stereocenters. The van der Waals surface area contributed by atoms with E-state index < -0.39 is 0 Å². The maximum Gasteiger partial charge on any atom is 0.120 e. The zero-order chi connectivity index (χ0) is 8.32. The molecular formula is C9H16N2. The van der Waals surface area contributed by atoms with Crippen molar-refractivity contribution in [3.05, 3.63) is 6.08 Å². The van der Waals surface area contributed by atoms with Crippen LogP contribution in [-0.4, -0.2) is 11.5 Å². The summed E-state index contributed by atoms with van der Waals surface area (Å²) in [7, 11) is 0. The molecule has 0 fully saturated rings. The van der Waals surface area contributed by atoms with E-state index in [9.17, 15) is 0 Å². The van der Waals surface area contributed by atoms with Gasteiger partial charge >= 0.3 is 0 Å². The summed E-state index contributed by atoms with van der Waals surface area (Å²) < 4.78 is 0. The summed E-state index contributed by atoms with van der Waals surface area (Å²) in [6.45, 7) is 4.28. The van der Waals surface area contributed by atoms with E-state index in [0.717, 1.165) is 19.3 Å². The second-order valence-electron chi connectivity index (χ2n) is 3.32. The molecule has 0 aromatic carbocycles. The van der Waals surface area contributed by atoms with Gasteiger partial charge in [-0.25, -0.2) is 4.99 Å². The molecule has 2 atom stereocenters. The Morgan fingerprint density at radius 1 is 1.82 bits per heavy atom. The van der Waals surface area contributed by atoms with Crippen LogP contribution in [0.4, 0.5) is 0 Å². The molecule has 2 heteroatoms. The SMILES string of the molecule is CCCC1(N)N=C=CCC1C. The van der Waals surface area contributed by atoms with Crippen molar-refractivity contribution in [2.75, 3.05) is 0 Å². The zero-order valence-corrected chi connectivity index (χ0v) is 7.30. The Hall–Kier alpha value is -0.590. The Labute approximate surface area is 68.2 Å². The number of rotatable bonds is 2. The quantitative estimate of drug-likeness (QED) is 0.642. The Morgan fingerprint density at radius 2 is 2.55 bits per heavy atom. The lowest BCUT2D eigenvalue weighted by Gasteiger charge is -2.31. The van der Waals surface area contributed by atoms with Crippen LogP contribution < -0.4 is 5.73 Å². The van der Waals surface area contributed by atoms with Crippen LogP contribution in [0.3, 0.4) is 0 Å². The highest BCUT2D eigenvalue weighted by atomic mass is 15.0. The van der Waals surface area contributed by atoms with Crippen molar-refractivity contribution in [1.29, 1.82) is 0 Å². The monoisotopic (exact) mass is 152 g/mol. The van der Waals surface area contributed by atoms with Crippen molar-refractivity contribution < 1.29 is 0 Å². The summed E-state index contributed by atoms with van der Waals surface area (Å²) in [5.41, 5.74) is 5.73. The van der Waals surface area contributed by atoms with E-state index in [4.69, 9.17) is 5.73 Å². The molecular weight excluding hydrogens is 136 g/mol. The Balaban J connectivity index is 2.73. The van der Waals surface area contributed by atoms with Crippen LogP contribution in [0.2, 0.25) is 0 Å². The van der Waals surface area contributed by atoms with Crippen LogP contribution >= 0.6 is 0 Å². The van der Waals surface area contributed by atoms with E-state index in [0.29, 0.717) is 5.92 Å². The molecule has 11 heavy (non-hydrogen) atoms. The summed E-state index contributed by atoms with van der Waals surface area (Å²) in [4.78, 5) is 4.20. The van der Waals surface area contributed by atoms with E-state index in [-0.39, 0.29) is 5.66 Å². The van der Waals surface area contributed by atoms with Gasteiger partial charge in [-0.2, -0.15) is 0 Å². The van der Waals surface area contributed by atoms with Crippen molar-refractivity contribution in [3.63, 3.8) is 0 Å². The van der Waals surface area contributed by atoms with Crippen LogP contribution in [0.1, 0.15) is 33.1 Å². The first kappa shape index (κ1) is 8.51. The number of hydrogen-bond donors (Lipinski definition) is 1. The average molecular weight is 152 g/mol. The molecule has 1 aliphatic rings. The summed E-state index contributed by atoms with van der Waals surface area (Å²) in [6.07, 6.45) is 5.03. The van der Waals surface area contributed by atoms with Crippen molar-refractivity contribution in [1.82, 2.24) is 0 Å². The lowest BCUT2D eigenvalue weighted by Crippen LogP contribution is -2.44. The summed E-state index contributed by atoms with van der Waals surface area (Å²) in [5.74, 6) is 3.33. The van der Waals surface area contributed by atoms with E-state index in [2.05, 4.69) is 24.7 Å². The van der Waals surface area contributed by atoms with Gasteiger partial charge in [0.15, 0.2) is 0 Å². The van der Waals surface area contributed by atoms with Gasteiger partial charge in [-0.05, 0) is 30.7 Å². The Bertz CT molecular complexity index is 192. The molecule has 0 bridgehead atoms. The van der Waals surface area contributed by atoms with Crippen molar-refractivity contribution in [3.8, 4) is 0 Å². The number of hydrogen-bond acceptors (Lipinski definition) is 2. The third-order valence-electron chi connectivity index (χ3n) is 2.34. The minimum atomic E-state index is -0.330. The molecule has 0 saturated carbocycles. The third-order valence-corrected chi connectivity index (χ3v) is 2.34. The fourth-order valence-corrected chi connectivity index (χ4v) is 1.41. The maximum absolute atomic E-state index is 6.06. The van der Waals surface area contributed by atoms with Crippen LogP contribution in [0.5, 0.6) is 0 Å². The number of nitrogens with zero attached hydrogens (tertiary/aromatic N) is 1. The van der Waals surface area contributed by atoms with E-state index in [1.54, 1.807) is 0 Å². The number of allylic oxidation sites excluding steroid dienone is 1. The van der Waals surface area contributed by atoms with Crippen molar-refractivity contribution in [2.45, 2.75) is 38.8 Å². The van der Waals surface area contributed by atoms with E-state index >= 15 is 0 Å². The van der Waals surface area contributed by atoms with Gasteiger partial charge in [0.1, 0.15) is 5.66 Å². The Morgan fingerprint density at radius 3 is 3.09 bits per heavy atom. The lowest BCUT2D eigenvalue weighted by atomic mass is 9.87. The summed E-state index contributed by atoms with van der Waals surface area (Å²) in [6, 6.07) is 0. The highest BCUT2D eigenvalue weighted by Crippen LogP contribution is 2.26. The summed E-state index contributed by atoms with van der Waals surface area (Å²) in [5, 5.41) is 0. The van der Waals surface area contributed by atoms with Gasteiger partial charge in [0, 0.05) is 0 Å². The second-order valence-corrected chi connectivity index (χ2v) is 3.32. The van der Waals surface area contributed by atoms with Crippen LogP contribution in [-0.2, 0) is 0 Å². The molecule has 2 N–H and O–H groups in total. The number of nitrogens with two attached hydrogens (primary N) is 1. The number of aliphatic imine (C=N–C) groups is 1. The zero-order valence-electron chi connectivity index (χ0n) is 7.30. The Kier molecular flexibility index (Phi) is 2.48. The van der Waals surface area contributed by atoms with Gasteiger partial charge in [-0.1, -0.05) is 20.3 Å². The van der Waals surface area contributed by atoms with Crippen LogP contribution in [0.15, 0.2) is 11.1 Å². The van der Waals surface area contributed by atoms with Crippen molar-refractivity contribution >= 4 is 5.87 Å². The molecule has 0 aromatic rings. The minimum absolute atomic E-state index is 0.330. The molecule has 2 nitrogen and oxygen atoms in total. The molecule has 1 heterocycles. The fraction of sp³-hybridized carbons (Fsp3) is 0.778. The first-order valence-corrected chi connectivity index (χ1v) is 4.27. The first-order chi connectivity index (χ1) is 5.19. The van der Waals surface area contributed by atoms with Gasteiger partial charge in [0.25, 0.3) is 0 Å². The highest BCUT2D eigenvalue weighted by molar-refractivity contribution is 5.53. The third kappa shape index (κ3) is 1.70. The van der Waals surface area contributed by atoms with Crippen LogP contribution in [0.25, 0.3) is 0 Å². The maximum atomic E-state index is 6.06.